The molecule has 0 aromatic heterocycles. The SMILES string of the molecule is CCCCCCOc1ccc(C(=O)NNC(=O)c2ccc(NC(=O)C3CC3)cc2)cc1. The Morgan fingerprint density at radius 3 is 1.97 bits per heavy atom. The van der Waals surface area contributed by atoms with Crippen molar-refractivity contribution in [3.63, 3.8) is 0 Å². The van der Waals surface area contributed by atoms with Crippen LogP contribution in [0.4, 0.5) is 5.69 Å². The smallest absolute Gasteiger partial charge is 0.269 e. The molecule has 0 bridgehead atoms. The van der Waals surface area contributed by atoms with E-state index in [1.807, 2.05) is 0 Å². The summed E-state index contributed by atoms with van der Waals surface area (Å²) in [6, 6.07) is 13.3. The Morgan fingerprint density at radius 2 is 1.42 bits per heavy atom. The van der Waals surface area contributed by atoms with E-state index in [9.17, 15) is 14.4 Å². The lowest BCUT2D eigenvalue weighted by atomic mass is 10.2. The van der Waals surface area contributed by atoms with E-state index in [0.717, 1.165) is 25.7 Å². The minimum Gasteiger partial charge on any atom is -0.494 e. The first kappa shape index (κ1) is 22.3. The second-order valence-electron chi connectivity index (χ2n) is 7.68. The molecule has 3 N–H and O–H groups in total. The third kappa shape index (κ3) is 7.13. The average molecular weight is 424 g/mol. The highest BCUT2D eigenvalue weighted by molar-refractivity contribution is 5.99. The zero-order valence-electron chi connectivity index (χ0n) is 17.8. The van der Waals surface area contributed by atoms with Crippen LogP contribution in [0.2, 0.25) is 0 Å². The van der Waals surface area contributed by atoms with E-state index < -0.39 is 11.8 Å². The Labute approximate surface area is 182 Å². The van der Waals surface area contributed by atoms with Crippen molar-refractivity contribution in [2.24, 2.45) is 5.92 Å². The van der Waals surface area contributed by atoms with Crippen LogP contribution < -0.4 is 20.9 Å². The first-order chi connectivity index (χ1) is 15.1. The van der Waals surface area contributed by atoms with Gasteiger partial charge in [0, 0.05) is 22.7 Å². The molecule has 0 atom stereocenters. The molecule has 2 aromatic rings. The molecule has 0 saturated heterocycles. The van der Waals surface area contributed by atoms with E-state index in [1.54, 1.807) is 48.5 Å². The third-order valence-electron chi connectivity index (χ3n) is 5.04. The van der Waals surface area contributed by atoms with Gasteiger partial charge in [-0.05, 0) is 67.8 Å². The summed E-state index contributed by atoms with van der Waals surface area (Å²) in [6.45, 7) is 2.82. The van der Waals surface area contributed by atoms with Crippen LogP contribution in [-0.2, 0) is 4.79 Å². The third-order valence-corrected chi connectivity index (χ3v) is 5.04. The van der Waals surface area contributed by atoms with Crippen molar-refractivity contribution >= 4 is 23.4 Å². The molecule has 31 heavy (non-hydrogen) atoms. The fraction of sp³-hybridized carbons (Fsp3) is 0.375. The number of hydrazine groups is 1. The van der Waals surface area contributed by atoms with Gasteiger partial charge in [0.25, 0.3) is 11.8 Å². The number of ether oxygens (including phenoxy) is 1. The van der Waals surface area contributed by atoms with Crippen molar-refractivity contribution in [1.82, 2.24) is 10.9 Å². The molecular weight excluding hydrogens is 394 g/mol. The number of hydrogen-bond acceptors (Lipinski definition) is 4. The molecule has 0 radical (unpaired) electrons. The van der Waals surface area contributed by atoms with Crippen molar-refractivity contribution in [1.29, 1.82) is 0 Å². The Hall–Kier alpha value is -3.35. The standard InChI is InChI=1S/C24H29N3O4/c1-2-3-4-5-16-31-21-14-10-19(11-15-21)24(30)27-26-23(29)18-8-12-20(13-9-18)25-22(28)17-6-7-17/h8-15,17H,2-7,16H2,1H3,(H,25,28)(H,26,29)(H,27,30). The average Bonchev–Trinajstić information content (AvgIpc) is 3.64. The molecule has 1 aliphatic carbocycles. The van der Waals surface area contributed by atoms with Crippen LogP contribution in [0.1, 0.15) is 66.2 Å². The summed E-state index contributed by atoms with van der Waals surface area (Å²) in [5.74, 6) is -0.0236. The summed E-state index contributed by atoms with van der Waals surface area (Å²) in [4.78, 5) is 36.3. The predicted octanol–water partition coefficient (Wildman–Crippen LogP) is 4.07. The number of carbonyl (C=O) groups excluding carboxylic acids is 3. The molecule has 7 heteroatoms. The molecule has 0 unspecified atom stereocenters. The predicted molar refractivity (Wildman–Crippen MR) is 119 cm³/mol. The first-order valence-electron chi connectivity index (χ1n) is 10.8. The fourth-order valence-corrected chi connectivity index (χ4v) is 2.97. The van der Waals surface area contributed by atoms with Crippen LogP contribution in [0.5, 0.6) is 5.75 Å². The van der Waals surface area contributed by atoms with Crippen LogP contribution in [0.25, 0.3) is 0 Å². The van der Waals surface area contributed by atoms with Gasteiger partial charge in [-0.2, -0.15) is 0 Å². The zero-order chi connectivity index (χ0) is 22.1. The van der Waals surface area contributed by atoms with Gasteiger partial charge in [0.15, 0.2) is 0 Å². The van der Waals surface area contributed by atoms with Crippen molar-refractivity contribution in [2.75, 3.05) is 11.9 Å². The molecule has 0 spiro atoms. The zero-order valence-corrected chi connectivity index (χ0v) is 17.8. The van der Waals surface area contributed by atoms with Crippen LogP contribution in [0.3, 0.4) is 0 Å². The number of rotatable bonds is 10. The topological polar surface area (TPSA) is 96.5 Å². The molecule has 1 fully saturated rings. The van der Waals surface area contributed by atoms with Gasteiger partial charge in [0.2, 0.25) is 5.91 Å². The van der Waals surface area contributed by atoms with Crippen LogP contribution in [0.15, 0.2) is 48.5 Å². The van der Waals surface area contributed by atoms with Gasteiger partial charge in [-0.1, -0.05) is 26.2 Å². The van der Waals surface area contributed by atoms with E-state index in [1.165, 1.54) is 12.8 Å². The van der Waals surface area contributed by atoms with Crippen molar-refractivity contribution < 1.29 is 19.1 Å². The maximum Gasteiger partial charge on any atom is 0.269 e. The second kappa shape index (κ2) is 11.2. The van der Waals surface area contributed by atoms with Crippen LogP contribution in [-0.4, -0.2) is 24.3 Å². The van der Waals surface area contributed by atoms with Crippen molar-refractivity contribution in [2.45, 2.75) is 45.4 Å². The van der Waals surface area contributed by atoms with E-state index in [-0.39, 0.29) is 11.8 Å². The molecule has 1 saturated carbocycles. The van der Waals surface area contributed by atoms with Gasteiger partial charge in [0.05, 0.1) is 6.61 Å². The maximum atomic E-state index is 12.3. The number of carbonyl (C=O) groups is 3. The Balaban J connectivity index is 1.42. The Bertz CT molecular complexity index is 890. The highest BCUT2D eigenvalue weighted by Gasteiger charge is 2.29. The molecule has 3 amide bonds. The van der Waals surface area contributed by atoms with Gasteiger partial charge in [-0.25, -0.2) is 0 Å². The molecule has 0 aliphatic heterocycles. The van der Waals surface area contributed by atoms with Gasteiger partial charge in [0.1, 0.15) is 5.75 Å². The minimum absolute atomic E-state index is 0.0115. The van der Waals surface area contributed by atoms with Crippen molar-refractivity contribution in [3.05, 3.63) is 59.7 Å². The quantitative estimate of drug-likeness (QED) is 0.396. The molecule has 7 nitrogen and oxygen atoms in total. The molecule has 0 heterocycles. The van der Waals surface area contributed by atoms with E-state index in [4.69, 9.17) is 4.74 Å². The lowest BCUT2D eigenvalue weighted by Gasteiger charge is -2.10. The number of amides is 3. The number of nitrogens with one attached hydrogen (secondary N) is 3. The normalized spacial score (nSPS) is 12.7. The lowest BCUT2D eigenvalue weighted by Crippen LogP contribution is -2.41. The molecule has 164 valence electrons. The highest BCUT2D eigenvalue weighted by Crippen LogP contribution is 2.30. The summed E-state index contributed by atoms with van der Waals surface area (Å²) in [7, 11) is 0. The van der Waals surface area contributed by atoms with E-state index in [0.29, 0.717) is 29.2 Å². The number of hydrogen-bond donors (Lipinski definition) is 3. The van der Waals surface area contributed by atoms with Crippen LogP contribution >= 0.6 is 0 Å². The van der Waals surface area contributed by atoms with Crippen LogP contribution in [0, 0.1) is 5.92 Å². The second-order valence-corrected chi connectivity index (χ2v) is 7.68. The molecule has 3 rings (SSSR count). The first-order valence-corrected chi connectivity index (χ1v) is 10.8. The largest absolute Gasteiger partial charge is 0.494 e. The lowest BCUT2D eigenvalue weighted by molar-refractivity contribution is -0.117. The highest BCUT2D eigenvalue weighted by atomic mass is 16.5. The van der Waals surface area contributed by atoms with E-state index >= 15 is 0 Å². The minimum atomic E-state index is -0.444. The summed E-state index contributed by atoms with van der Waals surface area (Å²) in [5.41, 5.74) is 6.23. The Morgan fingerprint density at radius 1 is 0.839 bits per heavy atom. The molecule has 2 aromatic carbocycles. The monoisotopic (exact) mass is 423 g/mol. The number of unbranched alkanes of at least 4 members (excludes halogenated alkanes) is 3. The van der Waals surface area contributed by atoms with Crippen molar-refractivity contribution in [3.8, 4) is 5.75 Å². The summed E-state index contributed by atoms with van der Waals surface area (Å²) in [6.07, 6.45) is 6.41. The van der Waals surface area contributed by atoms with E-state index in [2.05, 4.69) is 23.1 Å². The Kier molecular flexibility index (Phi) is 8.04. The number of benzene rings is 2. The summed E-state index contributed by atoms with van der Waals surface area (Å²) in [5, 5.41) is 2.82. The maximum absolute atomic E-state index is 12.3. The summed E-state index contributed by atoms with van der Waals surface area (Å²) < 4.78 is 5.67. The van der Waals surface area contributed by atoms with Gasteiger partial charge >= 0.3 is 0 Å². The van der Waals surface area contributed by atoms with Gasteiger partial charge in [-0.15, -0.1) is 0 Å². The fourth-order valence-electron chi connectivity index (χ4n) is 2.97. The summed E-state index contributed by atoms with van der Waals surface area (Å²) >= 11 is 0. The number of anilines is 1. The molecular formula is C24H29N3O4. The van der Waals surface area contributed by atoms with Gasteiger partial charge in [-0.3, -0.25) is 25.2 Å². The van der Waals surface area contributed by atoms with Gasteiger partial charge < -0.3 is 10.1 Å². The molecule has 1 aliphatic rings.